The third kappa shape index (κ3) is 14.0. The molecule has 4 heteroatoms. The van der Waals surface area contributed by atoms with Crippen LogP contribution in [-0.2, 0) is 0 Å². The first-order valence-electron chi connectivity index (χ1n) is 6.35. The fourth-order valence-corrected chi connectivity index (χ4v) is 1.39. The fraction of sp³-hybridized carbons (Fsp3) is 0.917. The van der Waals surface area contributed by atoms with Crippen molar-refractivity contribution in [2.24, 2.45) is 10.7 Å². The molecule has 0 atom stereocenters. The summed E-state index contributed by atoms with van der Waals surface area (Å²) < 4.78 is 0. The lowest BCUT2D eigenvalue weighted by molar-refractivity contribution is 0.651. The van der Waals surface area contributed by atoms with Gasteiger partial charge in [-0.2, -0.15) is 0 Å². The molecule has 0 rings (SSSR count). The third-order valence-corrected chi connectivity index (χ3v) is 2.38. The summed E-state index contributed by atoms with van der Waals surface area (Å²) in [4.78, 5) is 4.26. The Morgan fingerprint density at radius 3 is 2.25 bits per heavy atom. The van der Waals surface area contributed by atoms with E-state index in [1.54, 1.807) is 0 Å². The van der Waals surface area contributed by atoms with Crippen LogP contribution in [0.5, 0.6) is 0 Å². The molecule has 0 saturated heterocycles. The van der Waals surface area contributed by atoms with Gasteiger partial charge in [-0.25, -0.2) is 0 Å². The van der Waals surface area contributed by atoms with Crippen LogP contribution in [0.1, 0.15) is 58.8 Å². The number of halogens is 1. The highest BCUT2D eigenvalue weighted by atomic mass is 127. The molecule has 0 aliphatic carbocycles. The van der Waals surface area contributed by atoms with Crippen molar-refractivity contribution in [3.05, 3.63) is 0 Å². The Morgan fingerprint density at radius 1 is 1.00 bits per heavy atom. The van der Waals surface area contributed by atoms with E-state index >= 15 is 0 Å². The molecule has 0 bridgehead atoms. The van der Waals surface area contributed by atoms with Crippen LogP contribution in [0.4, 0.5) is 0 Å². The molecule has 0 amide bonds. The molecule has 0 aliphatic heterocycles. The molecule has 3 nitrogen and oxygen atoms in total. The number of rotatable bonds is 9. The number of nitrogens with two attached hydrogens (primary N) is 1. The van der Waals surface area contributed by atoms with Crippen molar-refractivity contribution in [1.29, 1.82) is 0 Å². The number of nitrogens with zero attached hydrogens (tertiary/aromatic N) is 1. The van der Waals surface area contributed by atoms with Gasteiger partial charge in [0.05, 0.1) is 0 Å². The zero-order valence-electron chi connectivity index (χ0n) is 10.8. The van der Waals surface area contributed by atoms with Crippen LogP contribution in [0.2, 0.25) is 0 Å². The first-order valence-corrected chi connectivity index (χ1v) is 6.35. The van der Waals surface area contributed by atoms with Gasteiger partial charge in [-0.15, -0.1) is 24.0 Å². The van der Waals surface area contributed by atoms with Crippen molar-refractivity contribution in [2.45, 2.75) is 58.8 Å². The van der Waals surface area contributed by atoms with Crippen molar-refractivity contribution in [1.82, 2.24) is 5.32 Å². The Hall–Kier alpha value is 0. The molecule has 0 heterocycles. The van der Waals surface area contributed by atoms with Crippen molar-refractivity contribution < 1.29 is 0 Å². The number of guanidine groups is 1. The molecule has 3 N–H and O–H groups in total. The lowest BCUT2D eigenvalue weighted by atomic mass is 10.2. The molecule has 0 fully saturated rings. The quantitative estimate of drug-likeness (QED) is 0.293. The van der Waals surface area contributed by atoms with E-state index in [1.807, 2.05) is 0 Å². The summed E-state index contributed by atoms with van der Waals surface area (Å²) in [7, 11) is 0. The summed E-state index contributed by atoms with van der Waals surface area (Å²) in [5, 5.41) is 3.15. The van der Waals surface area contributed by atoms with Gasteiger partial charge in [-0.05, 0) is 12.8 Å². The van der Waals surface area contributed by atoms with Gasteiger partial charge in [0.2, 0.25) is 0 Å². The molecular weight excluding hydrogens is 313 g/mol. The van der Waals surface area contributed by atoms with E-state index in [0.29, 0.717) is 5.96 Å². The second-order valence-corrected chi connectivity index (χ2v) is 3.96. The van der Waals surface area contributed by atoms with E-state index in [-0.39, 0.29) is 24.0 Å². The maximum atomic E-state index is 5.71. The zero-order valence-corrected chi connectivity index (χ0v) is 13.1. The van der Waals surface area contributed by atoms with E-state index in [2.05, 4.69) is 24.2 Å². The Balaban J connectivity index is 0. The lowest BCUT2D eigenvalue weighted by Crippen LogP contribution is -2.32. The minimum atomic E-state index is 0. The molecule has 0 saturated carbocycles. The van der Waals surface area contributed by atoms with Gasteiger partial charge in [-0.3, -0.25) is 4.99 Å². The maximum Gasteiger partial charge on any atom is 0.188 e. The van der Waals surface area contributed by atoms with Crippen molar-refractivity contribution in [3.63, 3.8) is 0 Å². The van der Waals surface area contributed by atoms with Crippen LogP contribution < -0.4 is 11.1 Å². The Kier molecular flexibility index (Phi) is 17.2. The topological polar surface area (TPSA) is 50.4 Å². The highest BCUT2D eigenvalue weighted by molar-refractivity contribution is 14.0. The lowest BCUT2D eigenvalue weighted by Gasteiger charge is -2.04. The average Bonchev–Trinajstić information content (AvgIpc) is 2.24. The van der Waals surface area contributed by atoms with Crippen molar-refractivity contribution >= 4 is 29.9 Å². The predicted molar refractivity (Wildman–Crippen MR) is 83.6 cm³/mol. The first-order chi connectivity index (χ1) is 7.31. The van der Waals surface area contributed by atoms with Crippen LogP contribution >= 0.6 is 24.0 Å². The molecule has 0 aromatic carbocycles. The number of hydrogen-bond acceptors (Lipinski definition) is 1. The van der Waals surface area contributed by atoms with Crippen LogP contribution in [0.3, 0.4) is 0 Å². The number of aliphatic imine (C=N–C) groups is 1. The smallest absolute Gasteiger partial charge is 0.188 e. The fourth-order valence-electron chi connectivity index (χ4n) is 1.39. The van der Waals surface area contributed by atoms with Gasteiger partial charge in [-0.1, -0.05) is 46.0 Å². The minimum Gasteiger partial charge on any atom is -0.370 e. The van der Waals surface area contributed by atoms with Gasteiger partial charge in [0.25, 0.3) is 0 Å². The third-order valence-electron chi connectivity index (χ3n) is 2.38. The van der Waals surface area contributed by atoms with Crippen molar-refractivity contribution in [2.75, 3.05) is 13.1 Å². The standard InChI is InChI=1S/C12H27N3.HI/c1-3-5-7-9-11-15-12(13)14-10-8-6-4-2;/h3-11H2,1-2H3,(H3,13,14,15);1H. The second-order valence-electron chi connectivity index (χ2n) is 3.96. The highest BCUT2D eigenvalue weighted by Crippen LogP contribution is 1.97. The minimum absolute atomic E-state index is 0. The first kappa shape index (κ1) is 18.4. The molecule has 0 unspecified atom stereocenters. The average molecular weight is 341 g/mol. The summed E-state index contributed by atoms with van der Waals surface area (Å²) >= 11 is 0. The Labute approximate surface area is 118 Å². The van der Waals surface area contributed by atoms with Gasteiger partial charge < -0.3 is 11.1 Å². The van der Waals surface area contributed by atoms with Crippen LogP contribution in [-0.4, -0.2) is 19.0 Å². The summed E-state index contributed by atoms with van der Waals surface area (Å²) in [5.74, 6) is 0.614. The molecular formula is C12H28IN3. The Morgan fingerprint density at radius 2 is 1.62 bits per heavy atom. The molecule has 0 aliphatic rings. The monoisotopic (exact) mass is 341 g/mol. The summed E-state index contributed by atoms with van der Waals surface area (Å²) in [6.07, 6.45) is 8.70. The number of unbranched alkanes of at least 4 members (excludes halogenated alkanes) is 5. The van der Waals surface area contributed by atoms with Crippen molar-refractivity contribution in [3.8, 4) is 0 Å². The van der Waals surface area contributed by atoms with Gasteiger partial charge >= 0.3 is 0 Å². The zero-order chi connectivity index (χ0) is 11.4. The molecule has 0 radical (unpaired) electrons. The van der Waals surface area contributed by atoms with Crippen LogP contribution in [0.25, 0.3) is 0 Å². The number of hydrogen-bond donors (Lipinski definition) is 2. The van der Waals surface area contributed by atoms with E-state index in [0.717, 1.165) is 19.5 Å². The largest absolute Gasteiger partial charge is 0.370 e. The molecule has 98 valence electrons. The molecule has 0 spiro atoms. The van der Waals surface area contributed by atoms with E-state index < -0.39 is 0 Å². The highest BCUT2D eigenvalue weighted by Gasteiger charge is 1.91. The van der Waals surface area contributed by atoms with Crippen LogP contribution in [0.15, 0.2) is 4.99 Å². The summed E-state index contributed by atoms with van der Waals surface area (Å²) in [6.45, 7) is 6.24. The van der Waals surface area contributed by atoms with Gasteiger partial charge in [0, 0.05) is 13.1 Å². The summed E-state index contributed by atoms with van der Waals surface area (Å²) in [5.41, 5.74) is 5.71. The molecule has 0 aromatic heterocycles. The maximum absolute atomic E-state index is 5.71. The normalized spacial score (nSPS) is 11.0. The van der Waals surface area contributed by atoms with E-state index in [9.17, 15) is 0 Å². The van der Waals surface area contributed by atoms with E-state index in [4.69, 9.17) is 5.73 Å². The number of nitrogens with one attached hydrogen (secondary N) is 1. The Bertz CT molecular complexity index is 160. The summed E-state index contributed by atoms with van der Waals surface area (Å²) in [6, 6.07) is 0. The van der Waals surface area contributed by atoms with E-state index in [1.165, 1.54) is 38.5 Å². The molecule has 0 aromatic rings. The van der Waals surface area contributed by atoms with Crippen LogP contribution in [0, 0.1) is 0 Å². The second kappa shape index (κ2) is 15.0. The SMILES string of the molecule is CCCCCCNC(N)=NCCCCC.I. The molecule has 16 heavy (non-hydrogen) atoms. The van der Waals surface area contributed by atoms with Gasteiger partial charge in [0.1, 0.15) is 0 Å². The predicted octanol–water partition coefficient (Wildman–Crippen LogP) is 3.28. The van der Waals surface area contributed by atoms with Gasteiger partial charge in [0.15, 0.2) is 5.96 Å².